The maximum Gasteiger partial charge on any atom is 0.161 e. The molecule has 132 valence electrons. The molecule has 25 heavy (non-hydrogen) atoms. The number of H-pyrrole nitrogens is 1. The molecule has 0 spiro atoms. The fourth-order valence-electron chi connectivity index (χ4n) is 2.95. The molecule has 0 amide bonds. The summed E-state index contributed by atoms with van der Waals surface area (Å²) in [6.45, 7) is 1.68. The number of hydrogen-bond acceptors (Lipinski definition) is 4. The average Bonchev–Trinajstić information content (AvgIpc) is 3.07. The minimum absolute atomic E-state index is 0.750. The lowest BCUT2D eigenvalue weighted by Crippen LogP contribution is -2.16. The highest BCUT2D eigenvalue weighted by Crippen LogP contribution is 2.27. The highest BCUT2D eigenvalue weighted by molar-refractivity contribution is 5.84. The van der Waals surface area contributed by atoms with Gasteiger partial charge >= 0.3 is 0 Å². The van der Waals surface area contributed by atoms with E-state index in [-0.39, 0.29) is 0 Å². The third kappa shape index (κ3) is 3.88. The van der Waals surface area contributed by atoms with Crippen LogP contribution in [0.4, 0.5) is 0 Å². The van der Waals surface area contributed by atoms with E-state index in [1.807, 2.05) is 30.3 Å². The molecule has 1 heterocycles. The van der Waals surface area contributed by atoms with Gasteiger partial charge in [0.25, 0.3) is 0 Å². The molecule has 0 bridgehead atoms. The Morgan fingerprint density at radius 3 is 2.52 bits per heavy atom. The van der Waals surface area contributed by atoms with Crippen LogP contribution in [0.1, 0.15) is 11.1 Å². The minimum atomic E-state index is 0.750. The van der Waals surface area contributed by atoms with Crippen molar-refractivity contribution in [1.29, 1.82) is 0 Å². The Labute approximate surface area is 147 Å². The summed E-state index contributed by atoms with van der Waals surface area (Å²) >= 11 is 0. The molecule has 3 rings (SSSR count). The van der Waals surface area contributed by atoms with E-state index in [9.17, 15) is 0 Å². The van der Waals surface area contributed by atoms with Crippen molar-refractivity contribution in [1.82, 2.24) is 10.3 Å². The smallest absolute Gasteiger partial charge is 0.161 e. The fourth-order valence-corrected chi connectivity index (χ4v) is 2.95. The highest BCUT2D eigenvalue weighted by Gasteiger charge is 2.06. The molecule has 3 aromatic rings. The number of rotatable bonds is 8. The molecule has 0 saturated carbocycles. The zero-order chi connectivity index (χ0) is 17.6. The number of fused-ring (bicyclic) bond motifs is 1. The standard InChI is InChI=1S/C20H24N2O3/c1-23-16-5-6-17-15(13-22-18(17)11-16)8-9-21-12-14-4-7-19(24-2)20(10-14)25-3/h4-7,10-11,13,21-22H,8-9,12H2,1-3H3. The van der Waals surface area contributed by atoms with E-state index in [4.69, 9.17) is 14.2 Å². The van der Waals surface area contributed by atoms with Gasteiger partial charge in [0.05, 0.1) is 21.3 Å². The van der Waals surface area contributed by atoms with Gasteiger partial charge in [-0.1, -0.05) is 6.07 Å². The van der Waals surface area contributed by atoms with Gasteiger partial charge in [-0.3, -0.25) is 0 Å². The minimum Gasteiger partial charge on any atom is -0.497 e. The SMILES string of the molecule is COc1ccc2c(CCNCc3ccc(OC)c(OC)c3)c[nH]c2c1. The largest absolute Gasteiger partial charge is 0.497 e. The molecule has 5 nitrogen and oxygen atoms in total. The molecule has 0 atom stereocenters. The average molecular weight is 340 g/mol. The molecule has 0 saturated heterocycles. The van der Waals surface area contributed by atoms with Crippen LogP contribution in [-0.4, -0.2) is 32.9 Å². The van der Waals surface area contributed by atoms with Crippen molar-refractivity contribution < 1.29 is 14.2 Å². The molecule has 0 radical (unpaired) electrons. The Hall–Kier alpha value is -2.66. The second kappa shape index (κ2) is 7.94. The van der Waals surface area contributed by atoms with E-state index in [1.165, 1.54) is 16.5 Å². The van der Waals surface area contributed by atoms with Crippen molar-refractivity contribution >= 4 is 10.9 Å². The molecule has 5 heteroatoms. The van der Waals surface area contributed by atoms with Gasteiger partial charge in [0, 0.05) is 29.7 Å². The summed E-state index contributed by atoms with van der Waals surface area (Å²) in [6.07, 6.45) is 3.03. The van der Waals surface area contributed by atoms with E-state index < -0.39 is 0 Å². The zero-order valence-electron chi connectivity index (χ0n) is 14.9. The van der Waals surface area contributed by atoms with Gasteiger partial charge in [-0.15, -0.1) is 0 Å². The molecular weight excluding hydrogens is 316 g/mol. The fraction of sp³-hybridized carbons (Fsp3) is 0.300. The molecule has 0 aliphatic rings. The highest BCUT2D eigenvalue weighted by atomic mass is 16.5. The van der Waals surface area contributed by atoms with E-state index in [1.54, 1.807) is 21.3 Å². The van der Waals surface area contributed by atoms with Crippen LogP contribution in [0.25, 0.3) is 10.9 Å². The van der Waals surface area contributed by atoms with Crippen LogP contribution in [0, 0.1) is 0 Å². The van der Waals surface area contributed by atoms with Crippen LogP contribution in [0.5, 0.6) is 17.2 Å². The van der Waals surface area contributed by atoms with Crippen molar-refractivity contribution in [2.45, 2.75) is 13.0 Å². The molecule has 2 N–H and O–H groups in total. The lowest BCUT2D eigenvalue weighted by atomic mass is 10.1. The lowest BCUT2D eigenvalue weighted by molar-refractivity contribution is 0.354. The Balaban J connectivity index is 1.57. The summed E-state index contributed by atoms with van der Waals surface area (Å²) < 4.78 is 15.9. The first kappa shape index (κ1) is 17.2. The summed E-state index contributed by atoms with van der Waals surface area (Å²) in [5.41, 5.74) is 3.58. The number of aromatic amines is 1. The predicted octanol–water partition coefficient (Wildman–Crippen LogP) is 3.53. The first-order valence-corrected chi connectivity index (χ1v) is 8.30. The Bertz CT molecular complexity index is 842. The Kier molecular flexibility index (Phi) is 5.46. The maximum absolute atomic E-state index is 5.34. The van der Waals surface area contributed by atoms with Crippen LogP contribution < -0.4 is 19.5 Å². The quantitative estimate of drug-likeness (QED) is 0.616. The van der Waals surface area contributed by atoms with Gasteiger partial charge in [-0.05, 0) is 48.4 Å². The van der Waals surface area contributed by atoms with Crippen LogP contribution in [0.15, 0.2) is 42.6 Å². The maximum atomic E-state index is 5.34. The Morgan fingerprint density at radius 1 is 0.920 bits per heavy atom. The van der Waals surface area contributed by atoms with Gasteiger partial charge in [0.2, 0.25) is 0 Å². The van der Waals surface area contributed by atoms with Gasteiger partial charge < -0.3 is 24.5 Å². The summed E-state index contributed by atoms with van der Waals surface area (Å²) in [5.74, 6) is 2.38. The number of benzene rings is 2. The number of aromatic nitrogens is 1. The molecular formula is C20H24N2O3. The van der Waals surface area contributed by atoms with Gasteiger partial charge in [0.1, 0.15) is 5.75 Å². The van der Waals surface area contributed by atoms with Crippen molar-refractivity contribution in [3.8, 4) is 17.2 Å². The lowest BCUT2D eigenvalue weighted by Gasteiger charge is -2.10. The van der Waals surface area contributed by atoms with Gasteiger partial charge in [0.15, 0.2) is 11.5 Å². The van der Waals surface area contributed by atoms with Crippen molar-refractivity contribution in [3.05, 3.63) is 53.7 Å². The van der Waals surface area contributed by atoms with E-state index in [0.717, 1.165) is 42.3 Å². The monoisotopic (exact) mass is 340 g/mol. The van der Waals surface area contributed by atoms with E-state index in [2.05, 4.69) is 22.6 Å². The third-order valence-corrected chi connectivity index (χ3v) is 4.32. The molecule has 0 fully saturated rings. The molecule has 0 aliphatic carbocycles. The first-order chi connectivity index (χ1) is 12.2. The molecule has 1 aromatic heterocycles. The predicted molar refractivity (Wildman–Crippen MR) is 99.8 cm³/mol. The van der Waals surface area contributed by atoms with Crippen LogP contribution in [0.3, 0.4) is 0 Å². The first-order valence-electron chi connectivity index (χ1n) is 8.30. The van der Waals surface area contributed by atoms with Crippen molar-refractivity contribution in [2.75, 3.05) is 27.9 Å². The third-order valence-electron chi connectivity index (χ3n) is 4.32. The van der Waals surface area contributed by atoms with Crippen LogP contribution in [-0.2, 0) is 13.0 Å². The van der Waals surface area contributed by atoms with E-state index >= 15 is 0 Å². The van der Waals surface area contributed by atoms with E-state index in [0.29, 0.717) is 0 Å². The van der Waals surface area contributed by atoms with Crippen molar-refractivity contribution in [2.24, 2.45) is 0 Å². The zero-order valence-corrected chi connectivity index (χ0v) is 14.9. The molecule has 2 aromatic carbocycles. The number of nitrogens with one attached hydrogen (secondary N) is 2. The summed E-state index contributed by atoms with van der Waals surface area (Å²) in [5, 5.41) is 4.73. The number of hydrogen-bond donors (Lipinski definition) is 2. The second-order valence-corrected chi connectivity index (χ2v) is 5.84. The second-order valence-electron chi connectivity index (χ2n) is 5.84. The molecule has 0 unspecified atom stereocenters. The van der Waals surface area contributed by atoms with Crippen LogP contribution in [0.2, 0.25) is 0 Å². The Morgan fingerprint density at radius 2 is 1.76 bits per heavy atom. The molecule has 0 aliphatic heterocycles. The topological polar surface area (TPSA) is 55.5 Å². The van der Waals surface area contributed by atoms with Gasteiger partial charge in [-0.2, -0.15) is 0 Å². The normalized spacial score (nSPS) is 10.8. The van der Waals surface area contributed by atoms with Crippen LogP contribution >= 0.6 is 0 Å². The van der Waals surface area contributed by atoms with Gasteiger partial charge in [-0.25, -0.2) is 0 Å². The summed E-state index contributed by atoms with van der Waals surface area (Å²) in [4.78, 5) is 3.31. The summed E-state index contributed by atoms with van der Waals surface area (Å²) in [7, 11) is 4.98. The van der Waals surface area contributed by atoms with Crippen molar-refractivity contribution in [3.63, 3.8) is 0 Å². The number of ether oxygens (including phenoxy) is 3. The summed E-state index contributed by atoms with van der Waals surface area (Å²) in [6, 6.07) is 12.1. The number of methoxy groups -OCH3 is 3.